The minimum absolute atomic E-state index is 0.616. The molecule has 1 aliphatic heterocycles. The van der Waals surface area contributed by atoms with Crippen molar-refractivity contribution in [3.05, 3.63) is 33.1 Å². The van der Waals surface area contributed by atoms with Crippen LogP contribution >= 0.6 is 7.75 Å². The van der Waals surface area contributed by atoms with Crippen LogP contribution in [0.2, 0.25) is 0 Å². The number of aliphatic hydroxyl groups is 2. The summed E-state index contributed by atoms with van der Waals surface area (Å²) in [6.45, 7) is -0.616. The minimum atomic E-state index is -4.73. The first kappa shape index (κ1) is 16.0. The van der Waals surface area contributed by atoms with E-state index in [0.717, 1.165) is 16.8 Å². The highest BCUT2D eigenvalue weighted by atomic mass is 31.2. The summed E-state index contributed by atoms with van der Waals surface area (Å²) in [6, 6.07) is -0.343. The molecule has 1 fully saturated rings. The predicted octanol–water partition coefficient (Wildman–Crippen LogP) is -3.16. The molecule has 0 spiro atoms. The van der Waals surface area contributed by atoms with Crippen molar-refractivity contribution in [2.75, 3.05) is 6.61 Å². The van der Waals surface area contributed by atoms with Crippen LogP contribution < -0.4 is 16.3 Å². The second-order valence-electron chi connectivity index (χ2n) is 4.45. The van der Waals surface area contributed by atoms with E-state index in [2.05, 4.69) is 0 Å². The largest absolute Gasteiger partial charge is 0.400 e. The van der Waals surface area contributed by atoms with Gasteiger partial charge in [-0.05, 0) is 0 Å². The lowest BCUT2D eigenvalue weighted by atomic mass is 10.1. The highest BCUT2D eigenvalue weighted by Gasteiger charge is 2.46. The van der Waals surface area contributed by atoms with Crippen molar-refractivity contribution in [3.8, 4) is 0 Å². The number of rotatable bonds is 4. The average Bonchev–Trinajstić information content (AvgIpc) is 2.65. The first-order valence-electron chi connectivity index (χ1n) is 5.82. The molecule has 4 atom stereocenters. The summed E-state index contributed by atoms with van der Waals surface area (Å²) in [5, 5.41) is 20.8. The van der Waals surface area contributed by atoms with Crippen LogP contribution in [-0.4, -0.2) is 54.4 Å². The summed E-state index contributed by atoms with van der Waals surface area (Å²) in [7, 11) is -4.73. The van der Waals surface area contributed by atoms with Crippen LogP contribution in [0.25, 0.3) is 0 Å². The van der Waals surface area contributed by atoms with Crippen molar-refractivity contribution in [1.29, 1.82) is 0 Å². The lowest BCUT2D eigenvalue weighted by Crippen LogP contribution is -2.45. The topological polar surface area (TPSA) is 174 Å². The molecule has 1 aromatic heterocycles. The van der Waals surface area contributed by atoms with E-state index in [-0.39, 0.29) is 0 Å². The fourth-order valence-corrected chi connectivity index (χ4v) is 2.76. The molecule has 1 aliphatic rings. The van der Waals surface area contributed by atoms with Gasteiger partial charge in [0.25, 0.3) is 5.56 Å². The van der Waals surface area contributed by atoms with E-state index < -0.39 is 50.1 Å². The number of ether oxygens (including phenoxy) is 1. The summed E-state index contributed by atoms with van der Waals surface area (Å²) < 4.78 is 17.1. The van der Waals surface area contributed by atoms with E-state index in [4.69, 9.17) is 19.6 Å². The highest BCUT2D eigenvalue weighted by Crippen LogP contribution is 2.37. The van der Waals surface area contributed by atoms with Gasteiger partial charge in [0.15, 0.2) is 6.23 Å². The van der Waals surface area contributed by atoms with Gasteiger partial charge in [0.05, 0.1) is 12.6 Å². The van der Waals surface area contributed by atoms with Crippen LogP contribution in [0.1, 0.15) is 6.23 Å². The normalized spacial score (nSPS) is 29.7. The fourth-order valence-electron chi connectivity index (χ4n) is 2.10. The Hall–Kier alpha value is -1.33. The van der Waals surface area contributed by atoms with Crippen molar-refractivity contribution in [1.82, 2.24) is 14.6 Å². The Balaban J connectivity index is 2.41. The predicted molar refractivity (Wildman–Crippen MR) is 67.3 cm³/mol. The Labute approximate surface area is 117 Å². The second kappa shape index (κ2) is 5.81. The number of nitrogens with one attached hydrogen (secondary N) is 2. The molecule has 2 unspecified atom stereocenters. The lowest BCUT2D eigenvalue weighted by Gasteiger charge is -2.23. The standard InChI is InChI=1S/C9H14N3O8P/c13-3-4-7(15)6(11-21(17,18)19)8(20-4)12-2-1-5(14)10-9(12)16/h1-2,4,6-8,13,15H,3H2,(H,10,14,16)(H3,11,17,18,19)/t4-,6?,7?,8-/m1/s1. The maximum atomic E-state index is 11.7. The van der Waals surface area contributed by atoms with Crippen molar-refractivity contribution < 1.29 is 29.3 Å². The van der Waals surface area contributed by atoms with E-state index in [0.29, 0.717) is 0 Å². The molecule has 0 aliphatic carbocycles. The molecule has 0 bridgehead atoms. The smallest absolute Gasteiger partial charge is 0.394 e. The monoisotopic (exact) mass is 323 g/mol. The Morgan fingerprint density at radius 2 is 2.10 bits per heavy atom. The third-order valence-electron chi connectivity index (χ3n) is 2.99. The number of H-pyrrole nitrogens is 1. The Morgan fingerprint density at radius 1 is 1.43 bits per heavy atom. The van der Waals surface area contributed by atoms with Gasteiger partial charge < -0.3 is 24.7 Å². The first-order valence-corrected chi connectivity index (χ1v) is 7.43. The molecular formula is C9H14N3O8P. The molecule has 0 aromatic carbocycles. The number of aromatic amines is 1. The van der Waals surface area contributed by atoms with E-state index in [1.165, 1.54) is 0 Å². The van der Waals surface area contributed by atoms with Gasteiger partial charge in [-0.15, -0.1) is 0 Å². The SMILES string of the molecule is O=c1ccn([C@@H]2O[C@H](CO)C(O)C2NP(=O)(O)O)c(=O)[nH]1. The molecule has 0 radical (unpaired) electrons. The zero-order chi connectivity index (χ0) is 15.8. The van der Waals surface area contributed by atoms with Gasteiger partial charge in [0.1, 0.15) is 12.2 Å². The number of hydrogen-bond acceptors (Lipinski definition) is 6. The van der Waals surface area contributed by atoms with Crippen LogP contribution in [0.3, 0.4) is 0 Å². The zero-order valence-electron chi connectivity index (χ0n) is 10.5. The molecule has 0 amide bonds. The van der Waals surface area contributed by atoms with Crippen LogP contribution in [-0.2, 0) is 9.30 Å². The van der Waals surface area contributed by atoms with Gasteiger partial charge in [0.2, 0.25) is 0 Å². The molecule has 0 saturated carbocycles. The lowest BCUT2D eigenvalue weighted by molar-refractivity contribution is -0.0467. The van der Waals surface area contributed by atoms with E-state index in [9.17, 15) is 19.3 Å². The molecular weight excluding hydrogens is 309 g/mol. The van der Waals surface area contributed by atoms with Crippen molar-refractivity contribution in [2.24, 2.45) is 0 Å². The van der Waals surface area contributed by atoms with Gasteiger partial charge in [-0.3, -0.25) is 14.3 Å². The van der Waals surface area contributed by atoms with Gasteiger partial charge in [-0.1, -0.05) is 0 Å². The molecule has 12 heteroatoms. The van der Waals surface area contributed by atoms with Crippen LogP contribution in [0.15, 0.2) is 21.9 Å². The number of hydrogen-bond donors (Lipinski definition) is 6. The quantitative estimate of drug-likeness (QED) is 0.312. The molecule has 6 N–H and O–H groups in total. The number of aromatic nitrogens is 2. The van der Waals surface area contributed by atoms with E-state index in [1.807, 2.05) is 10.1 Å². The summed E-state index contributed by atoms with van der Waals surface area (Å²) in [5.41, 5.74) is -1.54. The molecule has 2 heterocycles. The molecule has 118 valence electrons. The van der Waals surface area contributed by atoms with Crippen LogP contribution in [0, 0.1) is 0 Å². The van der Waals surface area contributed by atoms with E-state index >= 15 is 0 Å². The van der Waals surface area contributed by atoms with Crippen LogP contribution in [0.4, 0.5) is 0 Å². The third kappa shape index (κ3) is 3.47. The maximum Gasteiger partial charge on any atom is 0.400 e. The molecule has 1 saturated heterocycles. The van der Waals surface area contributed by atoms with E-state index in [1.54, 1.807) is 0 Å². The summed E-state index contributed by atoms with van der Waals surface area (Å²) in [4.78, 5) is 42.6. The average molecular weight is 323 g/mol. The highest BCUT2D eigenvalue weighted by molar-refractivity contribution is 7.49. The van der Waals surface area contributed by atoms with Gasteiger partial charge in [0, 0.05) is 12.3 Å². The minimum Gasteiger partial charge on any atom is -0.394 e. The third-order valence-corrected chi connectivity index (χ3v) is 3.63. The zero-order valence-corrected chi connectivity index (χ0v) is 11.4. The number of aliphatic hydroxyl groups excluding tert-OH is 2. The van der Waals surface area contributed by atoms with Crippen molar-refractivity contribution in [2.45, 2.75) is 24.5 Å². The summed E-state index contributed by atoms with van der Waals surface area (Å²) in [5.74, 6) is 0. The maximum absolute atomic E-state index is 11.7. The molecule has 1 aromatic rings. The Bertz CT molecular complexity index is 665. The van der Waals surface area contributed by atoms with Crippen molar-refractivity contribution >= 4 is 7.75 Å². The van der Waals surface area contributed by atoms with Gasteiger partial charge in [-0.2, -0.15) is 0 Å². The van der Waals surface area contributed by atoms with Crippen LogP contribution in [0.5, 0.6) is 0 Å². The summed E-state index contributed by atoms with van der Waals surface area (Å²) in [6.07, 6.45) is -2.86. The Kier molecular flexibility index (Phi) is 4.44. The molecule has 11 nitrogen and oxygen atoms in total. The van der Waals surface area contributed by atoms with Gasteiger partial charge >= 0.3 is 13.4 Å². The molecule has 2 rings (SSSR count). The molecule has 21 heavy (non-hydrogen) atoms. The van der Waals surface area contributed by atoms with Gasteiger partial charge in [-0.25, -0.2) is 14.4 Å². The van der Waals surface area contributed by atoms with Crippen molar-refractivity contribution in [3.63, 3.8) is 0 Å². The second-order valence-corrected chi connectivity index (χ2v) is 5.80. The summed E-state index contributed by atoms with van der Waals surface area (Å²) >= 11 is 0. The fraction of sp³-hybridized carbons (Fsp3) is 0.556. The number of nitrogens with zero attached hydrogens (tertiary/aromatic N) is 1. The Morgan fingerprint density at radius 3 is 2.62 bits per heavy atom. The first-order chi connectivity index (χ1) is 9.73.